The van der Waals surface area contributed by atoms with Crippen molar-refractivity contribution >= 4 is 23.5 Å². The highest BCUT2D eigenvalue weighted by molar-refractivity contribution is 7.18. The van der Waals surface area contributed by atoms with Crippen LogP contribution in [0.2, 0.25) is 0 Å². The summed E-state index contributed by atoms with van der Waals surface area (Å²) in [6.45, 7) is 12.6. The van der Waals surface area contributed by atoms with Gasteiger partial charge in [0.1, 0.15) is 22.9 Å². The summed E-state index contributed by atoms with van der Waals surface area (Å²) >= 11 is 1.69. The first-order valence-corrected chi connectivity index (χ1v) is 16.5. The Labute approximate surface area is 268 Å². The van der Waals surface area contributed by atoms with Crippen molar-refractivity contribution in [2.75, 3.05) is 13.1 Å². The largest absolute Gasteiger partial charge is 0.444 e. The predicted octanol–water partition coefficient (Wildman–Crippen LogP) is 8.34. The summed E-state index contributed by atoms with van der Waals surface area (Å²) in [4.78, 5) is 47.5. The molecule has 238 valence electrons. The van der Waals surface area contributed by atoms with Gasteiger partial charge in [0.15, 0.2) is 0 Å². The van der Waals surface area contributed by atoms with Crippen LogP contribution in [-0.4, -0.2) is 66.2 Å². The Hall–Kier alpha value is -4.12. The molecule has 4 aromatic rings. The van der Waals surface area contributed by atoms with Gasteiger partial charge in [0.25, 0.3) is 0 Å². The van der Waals surface area contributed by atoms with Gasteiger partial charge in [-0.3, -0.25) is 9.80 Å². The zero-order chi connectivity index (χ0) is 31.9. The first kappa shape index (κ1) is 30.9. The van der Waals surface area contributed by atoms with Crippen LogP contribution in [0.25, 0.3) is 32.3 Å². The Morgan fingerprint density at radius 2 is 1.18 bits per heavy atom. The molecule has 0 spiro atoms. The van der Waals surface area contributed by atoms with Crippen LogP contribution >= 0.6 is 11.3 Å². The van der Waals surface area contributed by atoms with E-state index in [4.69, 9.17) is 9.47 Å². The molecule has 2 N–H and O–H groups in total. The van der Waals surface area contributed by atoms with Gasteiger partial charge in [-0.05, 0) is 90.5 Å². The number of thiophene rings is 1. The van der Waals surface area contributed by atoms with E-state index in [1.807, 2.05) is 53.9 Å². The van der Waals surface area contributed by atoms with Crippen molar-refractivity contribution in [1.29, 1.82) is 0 Å². The van der Waals surface area contributed by atoms with Gasteiger partial charge in [-0.1, -0.05) is 24.3 Å². The molecule has 2 saturated heterocycles. The van der Waals surface area contributed by atoms with E-state index in [-0.39, 0.29) is 24.3 Å². The van der Waals surface area contributed by atoms with E-state index < -0.39 is 11.2 Å². The number of hydrogen-bond acceptors (Lipinski definition) is 7. The predicted molar refractivity (Wildman–Crippen MR) is 175 cm³/mol. The molecule has 2 aliphatic rings. The minimum Gasteiger partial charge on any atom is -0.444 e. The van der Waals surface area contributed by atoms with Gasteiger partial charge < -0.3 is 19.4 Å². The molecule has 0 unspecified atom stereocenters. The third kappa shape index (κ3) is 6.93. The molecule has 3 aromatic heterocycles. The summed E-state index contributed by atoms with van der Waals surface area (Å²) in [7, 11) is 0. The van der Waals surface area contributed by atoms with Crippen molar-refractivity contribution in [1.82, 2.24) is 29.7 Å². The summed E-state index contributed by atoms with van der Waals surface area (Å²) in [6, 6.07) is 12.4. The number of imidazole rings is 2. The van der Waals surface area contributed by atoms with Crippen LogP contribution in [0.4, 0.5) is 9.59 Å². The lowest BCUT2D eigenvalue weighted by molar-refractivity contribution is 0.0208. The summed E-state index contributed by atoms with van der Waals surface area (Å²) in [5, 5.41) is 0. The third-order valence-electron chi connectivity index (χ3n) is 7.94. The van der Waals surface area contributed by atoms with E-state index in [1.165, 1.54) is 0 Å². The van der Waals surface area contributed by atoms with Crippen LogP contribution in [0.15, 0.2) is 48.8 Å². The van der Waals surface area contributed by atoms with E-state index >= 15 is 0 Å². The summed E-state index contributed by atoms with van der Waals surface area (Å²) < 4.78 is 11.3. The van der Waals surface area contributed by atoms with Gasteiger partial charge in [-0.25, -0.2) is 19.6 Å². The van der Waals surface area contributed by atoms with Gasteiger partial charge >= 0.3 is 12.2 Å². The number of likely N-dealkylation sites (tertiary alicyclic amines) is 2. The van der Waals surface area contributed by atoms with Crippen LogP contribution < -0.4 is 0 Å². The van der Waals surface area contributed by atoms with Crippen LogP contribution in [-0.2, 0) is 9.47 Å². The normalized spacial score (nSPS) is 18.9. The number of ether oxygens (including phenoxy) is 2. The zero-order valence-electron chi connectivity index (χ0n) is 26.8. The highest BCUT2D eigenvalue weighted by atomic mass is 32.1. The Morgan fingerprint density at radius 3 is 1.71 bits per heavy atom. The molecule has 0 saturated carbocycles. The maximum Gasteiger partial charge on any atom is 0.410 e. The number of hydrogen-bond donors (Lipinski definition) is 2. The second-order valence-electron chi connectivity index (χ2n) is 13.8. The van der Waals surface area contributed by atoms with E-state index in [0.29, 0.717) is 13.1 Å². The maximum atomic E-state index is 12.8. The molecule has 45 heavy (non-hydrogen) atoms. The van der Waals surface area contributed by atoms with E-state index in [0.717, 1.165) is 69.6 Å². The summed E-state index contributed by atoms with van der Waals surface area (Å²) in [5.41, 5.74) is 2.93. The van der Waals surface area contributed by atoms with Crippen molar-refractivity contribution in [3.8, 4) is 32.3 Å². The van der Waals surface area contributed by atoms with Gasteiger partial charge in [-0.2, -0.15) is 0 Å². The maximum absolute atomic E-state index is 12.8. The molecule has 2 aliphatic heterocycles. The Bertz CT molecular complexity index is 1660. The third-order valence-corrected chi connectivity index (χ3v) is 9.10. The lowest BCUT2D eigenvalue weighted by Crippen LogP contribution is -2.36. The molecule has 1 aromatic carbocycles. The number of aromatic amines is 2. The number of carbonyl (C=O) groups is 2. The number of benzene rings is 1. The highest BCUT2D eigenvalue weighted by Gasteiger charge is 2.36. The second kappa shape index (κ2) is 12.0. The van der Waals surface area contributed by atoms with Crippen molar-refractivity contribution in [3.05, 3.63) is 60.4 Å². The van der Waals surface area contributed by atoms with Gasteiger partial charge in [0.2, 0.25) is 0 Å². The van der Waals surface area contributed by atoms with Crippen molar-refractivity contribution in [2.45, 2.75) is 90.5 Å². The summed E-state index contributed by atoms with van der Waals surface area (Å²) in [6.07, 6.45) is 6.65. The Kier molecular flexibility index (Phi) is 8.24. The van der Waals surface area contributed by atoms with Crippen LogP contribution in [0.1, 0.15) is 91.0 Å². The fourth-order valence-electron chi connectivity index (χ4n) is 5.92. The summed E-state index contributed by atoms with van der Waals surface area (Å²) in [5.74, 6) is 1.57. The number of carbonyl (C=O) groups excluding carboxylic acids is 2. The lowest BCUT2D eigenvalue weighted by atomic mass is 10.1. The highest BCUT2D eigenvalue weighted by Crippen LogP contribution is 2.38. The Balaban J connectivity index is 1.12. The second-order valence-corrected chi connectivity index (χ2v) is 14.9. The topological polar surface area (TPSA) is 116 Å². The molecule has 5 heterocycles. The Morgan fingerprint density at radius 1 is 0.711 bits per heavy atom. The smallest absolute Gasteiger partial charge is 0.410 e. The van der Waals surface area contributed by atoms with Crippen LogP contribution in [0, 0.1) is 0 Å². The van der Waals surface area contributed by atoms with Crippen molar-refractivity contribution in [3.63, 3.8) is 0 Å². The molecule has 0 radical (unpaired) electrons. The molecule has 2 fully saturated rings. The average molecular weight is 631 g/mol. The van der Waals surface area contributed by atoms with Gasteiger partial charge in [0, 0.05) is 18.0 Å². The minimum atomic E-state index is -0.536. The molecule has 2 atom stereocenters. The molecular formula is C34H42N6O4S. The molecule has 0 aliphatic carbocycles. The monoisotopic (exact) mass is 630 g/mol. The molecular weight excluding hydrogens is 588 g/mol. The average Bonchev–Trinajstić information content (AvgIpc) is 3.80. The zero-order valence-corrected chi connectivity index (χ0v) is 27.7. The number of aromatic nitrogens is 4. The number of amides is 2. The molecule has 10 nitrogen and oxygen atoms in total. The standard InChI is InChI=1S/C34H42N6O4S/c1-33(2,3)43-31(41)39-17-7-9-25(39)29-35-19-23(37-29)21-11-13-22(14-12-21)27-15-16-28(45-27)24-20-36-30(38-24)26-10-8-18-40(26)32(42)44-34(4,5)6/h11-16,19-20,25-26H,7-10,17-18H2,1-6H3,(H,35,37)(H,36,38)/t25-,26-/m0/s1. The van der Waals surface area contributed by atoms with E-state index in [2.05, 4.69) is 56.3 Å². The number of nitrogens with zero attached hydrogens (tertiary/aromatic N) is 4. The fraction of sp³-hybridized carbons (Fsp3) is 0.471. The first-order valence-electron chi connectivity index (χ1n) is 15.6. The van der Waals surface area contributed by atoms with Crippen molar-refractivity contribution in [2.24, 2.45) is 0 Å². The van der Waals surface area contributed by atoms with Gasteiger partial charge in [-0.15, -0.1) is 11.3 Å². The van der Waals surface area contributed by atoms with Crippen molar-refractivity contribution < 1.29 is 19.1 Å². The molecule has 11 heteroatoms. The van der Waals surface area contributed by atoms with Crippen LogP contribution in [0.3, 0.4) is 0 Å². The quantitative estimate of drug-likeness (QED) is 0.229. The van der Waals surface area contributed by atoms with E-state index in [1.54, 1.807) is 21.1 Å². The molecule has 2 amide bonds. The lowest BCUT2D eigenvalue weighted by Gasteiger charge is -2.27. The minimum absolute atomic E-state index is 0.113. The first-order chi connectivity index (χ1) is 21.3. The molecule has 0 bridgehead atoms. The number of rotatable bonds is 5. The number of nitrogens with one attached hydrogen (secondary N) is 2. The van der Waals surface area contributed by atoms with Gasteiger partial charge in [0.05, 0.1) is 40.7 Å². The van der Waals surface area contributed by atoms with E-state index in [9.17, 15) is 9.59 Å². The number of H-pyrrole nitrogens is 2. The SMILES string of the molecule is CC(C)(C)OC(=O)N1CCC[C@H]1c1ncc(-c2ccc(-c3ccc(-c4cnc([C@@H]5CCCN5C(=O)OC(C)(C)C)[nH]4)s3)cc2)[nH]1. The fourth-order valence-corrected chi connectivity index (χ4v) is 6.89. The van der Waals surface area contributed by atoms with Crippen LogP contribution in [0.5, 0.6) is 0 Å². The molecule has 6 rings (SSSR count).